The van der Waals surface area contributed by atoms with Gasteiger partial charge in [-0.3, -0.25) is 14.5 Å². The number of aryl methyl sites for hydroxylation is 2. The maximum absolute atomic E-state index is 12.5. The van der Waals surface area contributed by atoms with Crippen LogP contribution in [0.1, 0.15) is 42.6 Å². The number of nitrogens with zero attached hydrogens (tertiary/aromatic N) is 5. The van der Waals surface area contributed by atoms with Crippen molar-refractivity contribution in [2.75, 3.05) is 45.6 Å². The summed E-state index contributed by atoms with van der Waals surface area (Å²) >= 11 is 0. The first-order valence-corrected chi connectivity index (χ1v) is 14.1. The van der Waals surface area contributed by atoms with Gasteiger partial charge in [0, 0.05) is 44.5 Å². The van der Waals surface area contributed by atoms with Crippen molar-refractivity contribution >= 4 is 17.7 Å². The zero-order valence-corrected chi connectivity index (χ0v) is 23.6. The number of carbonyl (C=O) groups is 2. The minimum absolute atomic E-state index is 0.0106. The normalized spacial score (nSPS) is 13.4. The molecule has 9 heteroatoms. The standard InChI is InChI=1S/C31H40N6O3/c1-36(2)29(38)21-37(17-7-6-12-26-14-13-24-11-8-16-33-30(24)35-26)18-15-25(31(39)40)19-28-27(20-32-22-34-28)23-9-4-3-5-10-23/h3-5,9-10,13-14,20,22,25H,6-8,11-12,15-19,21H2,1-2H3,(H,33,35)(H,39,40)/t25-/m1/s1. The molecular weight excluding hydrogens is 504 g/mol. The van der Waals surface area contributed by atoms with Crippen LogP contribution in [0.2, 0.25) is 0 Å². The lowest BCUT2D eigenvalue weighted by Gasteiger charge is -2.25. The third-order valence-electron chi connectivity index (χ3n) is 7.43. The van der Waals surface area contributed by atoms with Crippen LogP contribution in [-0.2, 0) is 28.9 Å². The Morgan fingerprint density at radius 1 is 1.07 bits per heavy atom. The predicted molar refractivity (Wildman–Crippen MR) is 156 cm³/mol. The number of hydrogen-bond acceptors (Lipinski definition) is 7. The molecule has 2 N–H and O–H groups in total. The lowest BCUT2D eigenvalue weighted by atomic mass is 9.94. The number of pyridine rings is 1. The summed E-state index contributed by atoms with van der Waals surface area (Å²) in [5.41, 5.74) is 4.89. The van der Waals surface area contributed by atoms with Gasteiger partial charge in [0.2, 0.25) is 5.91 Å². The first-order chi connectivity index (χ1) is 19.4. The van der Waals surface area contributed by atoms with E-state index in [1.807, 2.05) is 30.3 Å². The first kappa shape index (κ1) is 29.1. The molecule has 40 heavy (non-hydrogen) atoms. The minimum Gasteiger partial charge on any atom is -0.481 e. The summed E-state index contributed by atoms with van der Waals surface area (Å²) in [5.74, 6) is -0.456. The smallest absolute Gasteiger partial charge is 0.306 e. The van der Waals surface area contributed by atoms with Crippen molar-refractivity contribution in [3.63, 3.8) is 0 Å². The fraction of sp³-hybridized carbons (Fsp3) is 0.452. The Bertz CT molecular complexity index is 1270. The first-order valence-electron chi connectivity index (χ1n) is 14.1. The summed E-state index contributed by atoms with van der Waals surface area (Å²) in [6.07, 6.45) is 8.87. The molecule has 1 atom stereocenters. The number of rotatable bonds is 14. The molecule has 0 aliphatic carbocycles. The van der Waals surface area contributed by atoms with Crippen molar-refractivity contribution in [3.8, 4) is 11.1 Å². The van der Waals surface area contributed by atoms with Gasteiger partial charge in [0.15, 0.2) is 0 Å². The van der Waals surface area contributed by atoms with Crippen LogP contribution in [0.5, 0.6) is 0 Å². The van der Waals surface area contributed by atoms with Crippen LogP contribution < -0.4 is 5.32 Å². The molecule has 3 aromatic rings. The Balaban J connectivity index is 1.35. The number of anilines is 1. The lowest BCUT2D eigenvalue weighted by molar-refractivity contribution is -0.142. The Hall–Kier alpha value is -3.85. The molecule has 3 heterocycles. The largest absolute Gasteiger partial charge is 0.481 e. The van der Waals surface area contributed by atoms with Crippen molar-refractivity contribution in [2.24, 2.45) is 5.92 Å². The molecule has 0 fully saturated rings. The molecule has 0 radical (unpaired) electrons. The number of aliphatic carboxylic acids is 1. The highest BCUT2D eigenvalue weighted by atomic mass is 16.4. The molecule has 0 saturated heterocycles. The van der Waals surface area contributed by atoms with E-state index in [1.54, 1.807) is 25.2 Å². The Labute approximate surface area is 236 Å². The molecule has 212 valence electrons. The van der Waals surface area contributed by atoms with Gasteiger partial charge < -0.3 is 15.3 Å². The van der Waals surface area contributed by atoms with Crippen molar-refractivity contribution < 1.29 is 14.7 Å². The molecule has 1 aromatic carbocycles. The zero-order chi connectivity index (χ0) is 28.3. The summed E-state index contributed by atoms with van der Waals surface area (Å²) in [5, 5.41) is 13.4. The quantitative estimate of drug-likeness (QED) is 0.294. The average Bonchev–Trinajstić information content (AvgIpc) is 2.97. The number of carboxylic acids is 1. The van der Waals surface area contributed by atoms with Crippen molar-refractivity contribution in [1.82, 2.24) is 24.8 Å². The van der Waals surface area contributed by atoms with Gasteiger partial charge in [-0.15, -0.1) is 0 Å². The van der Waals surface area contributed by atoms with E-state index in [-0.39, 0.29) is 12.5 Å². The summed E-state index contributed by atoms with van der Waals surface area (Å²) < 4.78 is 0. The van der Waals surface area contributed by atoms with E-state index in [0.29, 0.717) is 19.4 Å². The predicted octanol–water partition coefficient (Wildman–Crippen LogP) is 3.94. The fourth-order valence-electron chi connectivity index (χ4n) is 5.01. The van der Waals surface area contributed by atoms with E-state index in [0.717, 1.165) is 73.5 Å². The zero-order valence-electron chi connectivity index (χ0n) is 23.6. The molecule has 1 aliphatic heterocycles. The van der Waals surface area contributed by atoms with E-state index in [2.05, 4.69) is 32.3 Å². The number of aromatic nitrogens is 3. The van der Waals surface area contributed by atoms with Crippen LogP contribution in [-0.4, -0.2) is 82.0 Å². The molecule has 0 bridgehead atoms. The number of fused-ring (bicyclic) bond motifs is 1. The maximum Gasteiger partial charge on any atom is 0.306 e. The Morgan fingerprint density at radius 2 is 1.90 bits per heavy atom. The number of carboxylic acid groups (broad SMARTS) is 1. The summed E-state index contributed by atoms with van der Waals surface area (Å²) in [6, 6.07) is 14.1. The monoisotopic (exact) mass is 544 g/mol. The van der Waals surface area contributed by atoms with E-state index in [9.17, 15) is 14.7 Å². The van der Waals surface area contributed by atoms with E-state index >= 15 is 0 Å². The van der Waals surface area contributed by atoms with Crippen LogP contribution in [0.25, 0.3) is 11.1 Å². The van der Waals surface area contributed by atoms with Gasteiger partial charge in [0.1, 0.15) is 12.1 Å². The van der Waals surface area contributed by atoms with Crippen LogP contribution in [0.3, 0.4) is 0 Å². The van der Waals surface area contributed by atoms with Gasteiger partial charge in [0.25, 0.3) is 0 Å². The van der Waals surface area contributed by atoms with Crippen LogP contribution >= 0.6 is 0 Å². The Kier molecular flexibility index (Phi) is 10.6. The second-order valence-corrected chi connectivity index (χ2v) is 10.6. The number of likely N-dealkylation sites (N-methyl/N-ethyl adjacent to an activating group) is 1. The number of carbonyl (C=O) groups excluding carboxylic acids is 1. The average molecular weight is 545 g/mol. The van der Waals surface area contributed by atoms with Gasteiger partial charge in [-0.25, -0.2) is 15.0 Å². The molecule has 1 amide bonds. The van der Waals surface area contributed by atoms with Crippen molar-refractivity contribution in [1.29, 1.82) is 0 Å². The number of benzene rings is 1. The van der Waals surface area contributed by atoms with Gasteiger partial charge in [-0.2, -0.15) is 0 Å². The van der Waals surface area contributed by atoms with Crippen LogP contribution in [0, 0.1) is 5.92 Å². The van der Waals surface area contributed by atoms with Crippen molar-refractivity contribution in [3.05, 3.63) is 71.9 Å². The van der Waals surface area contributed by atoms with Crippen LogP contribution in [0.15, 0.2) is 55.0 Å². The topological polar surface area (TPSA) is 112 Å². The van der Waals surface area contributed by atoms with Gasteiger partial charge in [-0.1, -0.05) is 36.4 Å². The molecule has 2 aromatic heterocycles. The third kappa shape index (κ3) is 8.32. The van der Waals surface area contributed by atoms with Crippen molar-refractivity contribution in [2.45, 2.75) is 44.9 Å². The lowest BCUT2D eigenvalue weighted by Crippen LogP contribution is -2.38. The third-order valence-corrected chi connectivity index (χ3v) is 7.43. The SMILES string of the molecule is CN(C)C(=O)CN(CCCCc1ccc2c(n1)NCCC2)CC[C@H](Cc1ncncc1-c1ccccc1)C(=O)O. The van der Waals surface area contributed by atoms with Gasteiger partial charge in [0.05, 0.1) is 18.2 Å². The molecule has 4 rings (SSSR count). The second-order valence-electron chi connectivity index (χ2n) is 10.6. The molecular formula is C31H40N6O3. The molecule has 0 saturated carbocycles. The second kappa shape index (κ2) is 14.5. The summed E-state index contributed by atoms with van der Waals surface area (Å²) in [4.78, 5) is 41.9. The maximum atomic E-state index is 12.5. The van der Waals surface area contributed by atoms with Crippen LogP contribution in [0.4, 0.5) is 5.82 Å². The summed E-state index contributed by atoms with van der Waals surface area (Å²) in [6.45, 7) is 2.48. The fourth-order valence-corrected chi connectivity index (χ4v) is 5.01. The number of amides is 1. The Morgan fingerprint density at radius 3 is 2.67 bits per heavy atom. The molecule has 1 aliphatic rings. The number of hydrogen-bond donors (Lipinski definition) is 2. The molecule has 9 nitrogen and oxygen atoms in total. The van der Waals surface area contributed by atoms with Gasteiger partial charge in [-0.05, 0) is 68.8 Å². The molecule has 0 unspecified atom stereocenters. The highest BCUT2D eigenvalue weighted by Crippen LogP contribution is 2.25. The van der Waals surface area contributed by atoms with E-state index in [4.69, 9.17) is 4.98 Å². The van der Waals surface area contributed by atoms with E-state index < -0.39 is 11.9 Å². The summed E-state index contributed by atoms with van der Waals surface area (Å²) in [7, 11) is 3.49. The van der Waals surface area contributed by atoms with Gasteiger partial charge >= 0.3 is 5.97 Å². The minimum atomic E-state index is -0.858. The molecule has 0 spiro atoms. The number of nitrogens with one attached hydrogen (secondary N) is 1. The number of unbranched alkanes of at least 4 members (excludes halogenated alkanes) is 1. The van der Waals surface area contributed by atoms with E-state index in [1.165, 1.54) is 11.9 Å². The highest BCUT2D eigenvalue weighted by Gasteiger charge is 2.23. The highest BCUT2D eigenvalue weighted by molar-refractivity contribution is 5.77.